The maximum atomic E-state index is 12.5. The third-order valence-corrected chi connectivity index (χ3v) is 5.19. The number of anilines is 1. The van der Waals surface area contributed by atoms with Gasteiger partial charge in [0.2, 0.25) is 5.91 Å². The van der Waals surface area contributed by atoms with Gasteiger partial charge in [-0.3, -0.25) is 9.69 Å². The van der Waals surface area contributed by atoms with Gasteiger partial charge in [-0.05, 0) is 38.8 Å². The molecule has 132 valence electrons. The van der Waals surface area contributed by atoms with Crippen LogP contribution in [0.15, 0.2) is 30.3 Å². The molecule has 2 saturated heterocycles. The Morgan fingerprint density at radius 1 is 1.08 bits per heavy atom. The summed E-state index contributed by atoms with van der Waals surface area (Å²) < 4.78 is 0. The van der Waals surface area contributed by atoms with E-state index in [-0.39, 0.29) is 5.91 Å². The Bertz CT molecular complexity index is 546. The predicted molar refractivity (Wildman–Crippen MR) is 98.1 cm³/mol. The van der Waals surface area contributed by atoms with Gasteiger partial charge in [-0.2, -0.15) is 0 Å². The topological polar surface area (TPSA) is 52.8 Å². The minimum absolute atomic E-state index is 0.0788. The number of amides is 1. The van der Waals surface area contributed by atoms with Crippen molar-refractivity contribution >= 4 is 11.6 Å². The van der Waals surface area contributed by atoms with E-state index >= 15 is 0 Å². The summed E-state index contributed by atoms with van der Waals surface area (Å²) in [6.45, 7) is 9.51. The Morgan fingerprint density at radius 3 is 2.38 bits per heavy atom. The minimum atomic E-state index is -0.770. The molecule has 1 atom stereocenters. The highest BCUT2D eigenvalue weighted by molar-refractivity contribution is 5.85. The fraction of sp³-hybridized carbons (Fsp3) is 0.632. The highest BCUT2D eigenvalue weighted by Gasteiger charge is 2.34. The largest absolute Gasteiger partial charge is 0.369 e. The first kappa shape index (κ1) is 17.2. The summed E-state index contributed by atoms with van der Waals surface area (Å²) >= 11 is 0. The summed E-state index contributed by atoms with van der Waals surface area (Å²) in [6.07, 6.45) is 2.26. The van der Waals surface area contributed by atoms with Crippen molar-refractivity contribution in [3.05, 3.63) is 30.3 Å². The van der Waals surface area contributed by atoms with E-state index in [0.717, 1.165) is 45.7 Å². The monoisotopic (exact) mass is 330 g/mol. The Hall–Kier alpha value is -1.59. The maximum absolute atomic E-state index is 12.5. The quantitative estimate of drug-likeness (QED) is 0.913. The van der Waals surface area contributed by atoms with Gasteiger partial charge in [0, 0.05) is 51.0 Å². The van der Waals surface area contributed by atoms with Crippen molar-refractivity contribution in [2.45, 2.75) is 38.3 Å². The van der Waals surface area contributed by atoms with Crippen LogP contribution >= 0.6 is 0 Å². The molecule has 5 nitrogen and oxygen atoms in total. The SMILES string of the molecule is CC(C)(N)C(=O)N1CCC[C@@H](N2CCN(c3ccccc3)CC2)C1. The van der Waals surface area contributed by atoms with Gasteiger partial charge in [0.1, 0.15) is 0 Å². The summed E-state index contributed by atoms with van der Waals surface area (Å²) in [7, 11) is 0. The van der Waals surface area contributed by atoms with Gasteiger partial charge in [0.15, 0.2) is 0 Å². The van der Waals surface area contributed by atoms with Crippen molar-refractivity contribution < 1.29 is 4.79 Å². The average molecular weight is 330 g/mol. The van der Waals surface area contributed by atoms with Gasteiger partial charge in [-0.25, -0.2) is 0 Å². The number of hydrogen-bond acceptors (Lipinski definition) is 4. The van der Waals surface area contributed by atoms with Crippen LogP contribution in [0.5, 0.6) is 0 Å². The number of para-hydroxylation sites is 1. The molecule has 2 aliphatic rings. The van der Waals surface area contributed by atoms with Crippen LogP contribution in [-0.4, -0.2) is 66.6 Å². The van der Waals surface area contributed by atoms with E-state index in [0.29, 0.717) is 6.04 Å². The molecule has 0 spiro atoms. The molecule has 1 amide bonds. The molecule has 3 rings (SSSR count). The van der Waals surface area contributed by atoms with E-state index in [4.69, 9.17) is 5.73 Å². The van der Waals surface area contributed by atoms with E-state index in [2.05, 4.69) is 40.1 Å². The molecule has 5 heteroatoms. The number of piperazine rings is 1. The van der Waals surface area contributed by atoms with Crippen LogP contribution in [0.2, 0.25) is 0 Å². The zero-order chi connectivity index (χ0) is 17.2. The Kier molecular flexibility index (Phi) is 5.11. The lowest BCUT2D eigenvalue weighted by Crippen LogP contribution is -2.59. The zero-order valence-corrected chi connectivity index (χ0v) is 14.9. The van der Waals surface area contributed by atoms with Crippen LogP contribution in [-0.2, 0) is 4.79 Å². The van der Waals surface area contributed by atoms with Crippen LogP contribution in [0.1, 0.15) is 26.7 Å². The Morgan fingerprint density at radius 2 is 1.75 bits per heavy atom. The molecule has 2 heterocycles. The van der Waals surface area contributed by atoms with E-state index < -0.39 is 5.54 Å². The number of carbonyl (C=O) groups excluding carboxylic acids is 1. The molecule has 2 aliphatic heterocycles. The highest BCUT2D eigenvalue weighted by atomic mass is 16.2. The second-order valence-electron chi connectivity index (χ2n) is 7.63. The van der Waals surface area contributed by atoms with Gasteiger partial charge >= 0.3 is 0 Å². The van der Waals surface area contributed by atoms with Crippen molar-refractivity contribution in [2.24, 2.45) is 5.73 Å². The second kappa shape index (κ2) is 7.11. The number of carbonyl (C=O) groups is 1. The highest BCUT2D eigenvalue weighted by Crippen LogP contribution is 2.22. The number of rotatable bonds is 3. The number of benzene rings is 1. The third-order valence-electron chi connectivity index (χ3n) is 5.19. The summed E-state index contributed by atoms with van der Waals surface area (Å²) in [5.74, 6) is 0.0788. The lowest BCUT2D eigenvalue weighted by Gasteiger charge is -2.44. The molecule has 0 saturated carbocycles. The molecule has 2 fully saturated rings. The van der Waals surface area contributed by atoms with Crippen LogP contribution in [0.25, 0.3) is 0 Å². The zero-order valence-electron chi connectivity index (χ0n) is 14.9. The first-order valence-electron chi connectivity index (χ1n) is 9.07. The van der Waals surface area contributed by atoms with E-state index in [1.54, 1.807) is 13.8 Å². The Labute approximate surface area is 145 Å². The van der Waals surface area contributed by atoms with Gasteiger partial charge < -0.3 is 15.5 Å². The molecule has 0 unspecified atom stereocenters. The molecule has 24 heavy (non-hydrogen) atoms. The molecular weight excluding hydrogens is 300 g/mol. The molecule has 1 aromatic carbocycles. The number of piperidine rings is 1. The number of nitrogens with zero attached hydrogens (tertiary/aromatic N) is 3. The van der Waals surface area contributed by atoms with Crippen molar-refractivity contribution in [2.75, 3.05) is 44.2 Å². The molecule has 0 aromatic heterocycles. The lowest BCUT2D eigenvalue weighted by molar-refractivity contribution is -0.138. The van der Waals surface area contributed by atoms with Gasteiger partial charge in [0.25, 0.3) is 0 Å². The van der Waals surface area contributed by atoms with Crippen LogP contribution in [0.3, 0.4) is 0 Å². The third kappa shape index (κ3) is 3.90. The molecule has 0 radical (unpaired) electrons. The summed E-state index contributed by atoms with van der Waals surface area (Å²) in [4.78, 5) is 19.4. The summed E-state index contributed by atoms with van der Waals surface area (Å²) in [5.41, 5.74) is 6.54. The average Bonchev–Trinajstić information content (AvgIpc) is 2.61. The number of nitrogens with two attached hydrogens (primary N) is 1. The van der Waals surface area contributed by atoms with Gasteiger partial charge in [-0.15, -0.1) is 0 Å². The van der Waals surface area contributed by atoms with Gasteiger partial charge in [0.05, 0.1) is 5.54 Å². The minimum Gasteiger partial charge on any atom is -0.369 e. The van der Waals surface area contributed by atoms with Crippen LogP contribution < -0.4 is 10.6 Å². The maximum Gasteiger partial charge on any atom is 0.242 e. The molecule has 0 aliphatic carbocycles. The van der Waals surface area contributed by atoms with E-state index in [9.17, 15) is 4.79 Å². The van der Waals surface area contributed by atoms with E-state index in [1.807, 2.05) is 4.90 Å². The fourth-order valence-electron chi connectivity index (χ4n) is 3.83. The number of hydrogen-bond donors (Lipinski definition) is 1. The molecule has 0 bridgehead atoms. The smallest absolute Gasteiger partial charge is 0.242 e. The van der Waals surface area contributed by atoms with Crippen LogP contribution in [0, 0.1) is 0 Å². The van der Waals surface area contributed by atoms with Crippen molar-refractivity contribution in [1.29, 1.82) is 0 Å². The lowest BCUT2D eigenvalue weighted by atomic mass is 9.99. The first-order valence-corrected chi connectivity index (χ1v) is 9.07. The molecule has 2 N–H and O–H groups in total. The fourth-order valence-corrected chi connectivity index (χ4v) is 3.83. The second-order valence-corrected chi connectivity index (χ2v) is 7.63. The molecule has 1 aromatic rings. The summed E-state index contributed by atoms with van der Waals surface area (Å²) in [5, 5.41) is 0. The van der Waals surface area contributed by atoms with Crippen molar-refractivity contribution in [1.82, 2.24) is 9.80 Å². The standard InChI is InChI=1S/C19H30N4O/c1-19(2,20)18(24)23-10-6-9-17(15-23)22-13-11-21(12-14-22)16-7-4-3-5-8-16/h3-5,7-8,17H,6,9-15,20H2,1-2H3/t17-/m1/s1. The van der Waals surface area contributed by atoms with Crippen molar-refractivity contribution in [3.63, 3.8) is 0 Å². The summed E-state index contributed by atoms with van der Waals surface area (Å²) in [6, 6.07) is 11.1. The number of likely N-dealkylation sites (tertiary alicyclic amines) is 1. The normalized spacial score (nSPS) is 23.4. The predicted octanol–water partition coefficient (Wildman–Crippen LogP) is 1.54. The molecular formula is C19H30N4O. The van der Waals surface area contributed by atoms with E-state index in [1.165, 1.54) is 12.1 Å². The Balaban J connectivity index is 1.55. The first-order chi connectivity index (χ1) is 11.4. The van der Waals surface area contributed by atoms with Gasteiger partial charge in [-0.1, -0.05) is 18.2 Å². The van der Waals surface area contributed by atoms with Crippen molar-refractivity contribution in [3.8, 4) is 0 Å². The van der Waals surface area contributed by atoms with Crippen LogP contribution in [0.4, 0.5) is 5.69 Å².